The highest BCUT2D eigenvalue weighted by Crippen LogP contribution is 2.33. The molecule has 0 spiro atoms. The van der Waals surface area contributed by atoms with Crippen molar-refractivity contribution in [2.75, 3.05) is 40.0 Å². The van der Waals surface area contributed by atoms with E-state index in [0.29, 0.717) is 17.2 Å². The predicted octanol–water partition coefficient (Wildman–Crippen LogP) is 3.58. The fourth-order valence-corrected chi connectivity index (χ4v) is 4.17. The molecule has 0 aliphatic rings. The van der Waals surface area contributed by atoms with Crippen LogP contribution in [-0.2, 0) is 9.63 Å². The van der Waals surface area contributed by atoms with E-state index < -0.39 is 17.1 Å². The third kappa shape index (κ3) is 6.62. The number of fused-ring (bicyclic) bond motifs is 3. The molecule has 2 N–H and O–H groups in total. The van der Waals surface area contributed by atoms with Gasteiger partial charge in [-0.2, -0.15) is 0 Å². The summed E-state index contributed by atoms with van der Waals surface area (Å²) in [4.78, 5) is 32.2. The number of carbonyl (C=O) groups excluding carboxylic acids is 1. The first-order valence-corrected chi connectivity index (χ1v) is 12.1. The molecule has 11 heteroatoms. The number of hydrogen-bond donors (Lipinski definition) is 2. The number of aliphatic hydroxyl groups is 1. The molecule has 4 aromatic rings. The minimum atomic E-state index is -1.03. The maximum Gasteiger partial charge on any atom is 0.294 e. The smallest absolute Gasteiger partial charge is 0.294 e. The molecule has 3 aromatic carbocycles. The number of rotatable bonds is 14. The van der Waals surface area contributed by atoms with E-state index in [1.807, 2.05) is 48.5 Å². The SMILES string of the molecule is COc1ccccc1OCCN(CC(O)COc1cccc2[nH]c3ccccc3c12)C(=O)CCO[N+](=O)[O-]. The lowest BCUT2D eigenvalue weighted by Gasteiger charge is -2.25. The normalized spacial score (nSPS) is 11.7. The summed E-state index contributed by atoms with van der Waals surface area (Å²) >= 11 is 0. The van der Waals surface area contributed by atoms with Gasteiger partial charge in [-0.05, 0) is 30.3 Å². The summed E-state index contributed by atoms with van der Waals surface area (Å²) in [6.45, 7) is -0.267. The van der Waals surface area contributed by atoms with Gasteiger partial charge in [0.05, 0.1) is 32.1 Å². The van der Waals surface area contributed by atoms with Crippen LogP contribution < -0.4 is 14.2 Å². The second-order valence-corrected chi connectivity index (χ2v) is 8.46. The van der Waals surface area contributed by atoms with E-state index in [-0.39, 0.29) is 39.3 Å². The van der Waals surface area contributed by atoms with Crippen molar-refractivity contribution in [3.8, 4) is 17.2 Å². The molecular weight excluding hydrogens is 494 g/mol. The topological polar surface area (TPSA) is 136 Å². The maximum absolute atomic E-state index is 12.8. The zero-order chi connectivity index (χ0) is 26.9. The minimum Gasteiger partial charge on any atom is -0.493 e. The lowest BCUT2D eigenvalue weighted by molar-refractivity contribution is -0.757. The van der Waals surface area contributed by atoms with Crippen molar-refractivity contribution in [3.63, 3.8) is 0 Å². The number of nitrogens with zero attached hydrogens (tertiary/aromatic N) is 2. The Kier molecular flexibility index (Phi) is 8.83. The van der Waals surface area contributed by atoms with Gasteiger partial charge in [-0.1, -0.05) is 36.4 Å². The van der Waals surface area contributed by atoms with Crippen molar-refractivity contribution >= 4 is 27.7 Å². The number of aliphatic hydroxyl groups excluding tert-OH is 1. The molecule has 0 aliphatic heterocycles. The Labute approximate surface area is 218 Å². The fourth-order valence-electron chi connectivity index (χ4n) is 4.17. The monoisotopic (exact) mass is 523 g/mol. The summed E-state index contributed by atoms with van der Waals surface area (Å²) in [5, 5.41) is 22.2. The minimum absolute atomic E-state index is 0.0591. The van der Waals surface area contributed by atoms with Crippen LogP contribution >= 0.6 is 0 Å². The van der Waals surface area contributed by atoms with E-state index >= 15 is 0 Å². The molecule has 1 atom stereocenters. The van der Waals surface area contributed by atoms with Gasteiger partial charge in [0.2, 0.25) is 5.91 Å². The van der Waals surface area contributed by atoms with E-state index in [1.54, 1.807) is 18.2 Å². The number of para-hydroxylation sites is 3. The number of methoxy groups -OCH3 is 1. The summed E-state index contributed by atoms with van der Waals surface area (Å²) in [6, 6.07) is 20.6. The predicted molar refractivity (Wildman–Crippen MR) is 140 cm³/mol. The van der Waals surface area contributed by atoms with Crippen molar-refractivity contribution < 1.29 is 34.0 Å². The van der Waals surface area contributed by atoms with Crippen LogP contribution in [0.4, 0.5) is 0 Å². The Morgan fingerprint density at radius 3 is 2.47 bits per heavy atom. The number of aromatic amines is 1. The van der Waals surface area contributed by atoms with E-state index in [4.69, 9.17) is 14.2 Å². The molecule has 0 saturated heterocycles. The highest BCUT2D eigenvalue weighted by atomic mass is 16.9. The van der Waals surface area contributed by atoms with E-state index in [9.17, 15) is 20.0 Å². The van der Waals surface area contributed by atoms with Crippen LogP contribution in [-0.4, -0.2) is 72.1 Å². The van der Waals surface area contributed by atoms with E-state index in [1.165, 1.54) is 12.0 Å². The fraction of sp³-hybridized carbons (Fsp3) is 0.296. The molecule has 0 fully saturated rings. The molecule has 0 radical (unpaired) electrons. The second-order valence-electron chi connectivity index (χ2n) is 8.46. The molecule has 0 saturated carbocycles. The van der Waals surface area contributed by atoms with E-state index in [0.717, 1.165) is 21.8 Å². The van der Waals surface area contributed by atoms with Gasteiger partial charge in [0.25, 0.3) is 5.09 Å². The molecule has 1 amide bonds. The Morgan fingerprint density at radius 2 is 1.68 bits per heavy atom. The van der Waals surface area contributed by atoms with Crippen LogP contribution in [0.3, 0.4) is 0 Å². The summed E-state index contributed by atoms with van der Waals surface area (Å²) < 4.78 is 17.0. The zero-order valence-electron chi connectivity index (χ0n) is 20.9. The Balaban J connectivity index is 1.40. The van der Waals surface area contributed by atoms with Crippen molar-refractivity contribution in [1.29, 1.82) is 0 Å². The summed E-state index contributed by atoms with van der Waals surface area (Å²) in [5.41, 5.74) is 1.89. The molecule has 11 nitrogen and oxygen atoms in total. The highest BCUT2D eigenvalue weighted by molar-refractivity contribution is 6.10. The zero-order valence-corrected chi connectivity index (χ0v) is 20.9. The number of benzene rings is 3. The first-order chi connectivity index (χ1) is 18.5. The number of hydrogen-bond acceptors (Lipinski definition) is 8. The van der Waals surface area contributed by atoms with Crippen LogP contribution in [0, 0.1) is 10.1 Å². The van der Waals surface area contributed by atoms with Gasteiger partial charge < -0.3 is 34.0 Å². The van der Waals surface area contributed by atoms with Crippen molar-refractivity contribution in [3.05, 3.63) is 76.8 Å². The molecule has 200 valence electrons. The summed E-state index contributed by atoms with van der Waals surface area (Å²) in [7, 11) is 1.53. The summed E-state index contributed by atoms with van der Waals surface area (Å²) in [5.74, 6) is 1.24. The van der Waals surface area contributed by atoms with Gasteiger partial charge in [0.1, 0.15) is 31.7 Å². The lowest BCUT2D eigenvalue weighted by Crippen LogP contribution is -2.42. The second kappa shape index (κ2) is 12.6. The average molecular weight is 524 g/mol. The first-order valence-electron chi connectivity index (χ1n) is 12.1. The standard InChI is InChI=1S/C27H29N3O8/c1-35-23-10-4-5-11-24(23)36-16-14-29(26(32)13-15-38-30(33)34)17-19(31)18-37-25-12-6-9-22-27(25)20-7-2-3-8-21(20)28-22/h2-12,19,28,31H,13-18H2,1H3. The van der Waals surface area contributed by atoms with Gasteiger partial charge in [-0.3, -0.25) is 4.79 Å². The number of carbonyl (C=O) groups is 1. The lowest BCUT2D eigenvalue weighted by atomic mass is 10.1. The van der Waals surface area contributed by atoms with Gasteiger partial charge in [0, 0.05) is 16.3 Å². The van der Waals surface area contributed by atoms with Crippen LogP contribution in [0.15, 0.2) is 66.7 Å². The van der Waals surface area contributed by atoms with Gasteiger partial charge in [0.15, 0.2) is 11.5 Å². The number of amides is 1. The molecule has 38 heavy (non-hydrogen) atoms. The molecule has 4 rings (SSSR count). The third-order valence-electron chi connectivity index (χ3n) is 5.91. The number of nitrogens with one attached hydrogen (secondary N) is 1. The van der Waals surface area contributed by atoms with Crippen LogP contribution in [0.1, 0.15) is 6.42 Å². The largest absolute Gasteiger partial charge is 0.493 e. The highest BCUT2D eigenvalue weighted by Gasteiger charge is 2.20. The van der Waals surface area contributed by atoms with Crippen molar-refractivity contribution in [2.45, 2.75) is 12.5 Å². The maximum atomic E-state index is 12.8. The molecule has 1 aromatic heterocycles. The van der Waals surface area contributed by atoms with Gasteiger partial charge in [-0.15, -0.1) is 10.1 Å². The third-order valence-corrected chi connectivity index (χ3v) is 5.91. The Hall–Kier alpha value is -4.51. The Morgan fingerprint density at radius 1 is 0.974 bits per heavy atom. The molecule has 0 bridgehead atoms. The quantitative estimate of drug-likeness (QED) is 0.189. The molecule has 1 unspecified atom stereocenters. The van der Waals surface area contributed by atoms with Crippen molar-refractivity contribution in [2.24, 2.45) is 0 Å². The first kappa shape index (κ1) is 26.6. The van der Waals surface area contributed by atoms with E-state index in [2.05, 4.69) is 9.82 Å². The average Bonchev–Trinajstić information content (AvgIpc) is 3.30. The van der Waals surface area contributed by atoms with Crippen LogP contribution in [0.25, 0.3) is 21.8 Å². The molecular formula is C27H29N3O8. The molecule has 1 heterocycles. The Bertz CT molecular complexity index is 1390. The van der Waals surface area contributed by atoms with Crippen molar-refractivity contribution in [1.82, 2.24) is 9.88 Å². The number of aromatic nitrogens is 1. The van der Waals surface area contributed by atoms with Gasteiger partial charge >= 0.3 is 0 Å². The molecule has 0 aliphatic carbocycles. The number of ether oxygens (including phenoxy) is 3. The summed E-state index contributed by atoms with van der Waals surface area (Å²) in [6.07, 6.45) is -1.25. The van der Waals surface area contributed by atoms with Crippen LogP contribution in [0.2, 0.25) is 0 Å². The van der Waals surface area contributed by atoms with Gasteiger partial charge in [-0.25, -0.2) is 0 Å². The van der Waals surface area contributed by atoms with Crippen LogP contribution in [0.5, 0.6) is 17.2 Å². The number of H-pyrrole nitrogens is 1.